The average Bonchev–Trinajstić information content (AvgIpc) is 2.92. The Balaban J connectivity index is 1.93. The predicted octanol–water partition coefficient (Wildman–Crippen LogP) is 3.21. The topological polar surface area (TPSA) is 59.3 Å². The van der Waals surface area contributed by atoms with Gasteiger partial charge in [-0.3, -0.25) is 10.2 Å². The third-order valence-corrected chi connectivity index (χ3v) is 3.29. The third-order valence-electron chi connectivity index (χ3n) is 3.29. The van der Waals surface area contributed by atoms with Crippen LogP contribution in [-0.4, -0.2) is 21.4 Å². The van der Waals surface area contributed by atoms with E-state index in [1.165, 1.54) is 17.2 Å². The van der Waals surface area contributed by atoms with E-state index in [0.29, 0.717) is 0 Å². The third kappa shape index (κ3) is 2.88. The van der Waals surface area contributed by atoms with Crippen LogP contribution < -0.4 is 5.43 Å². The smallest absolute Gasteiger partial charge is 0.216 e. The number of rotatable bonds is 3. The summed E-state index contributed by atoms with van der Waals surface area (Å²) in [5.74, 6) is 0.0872. The van der Waals surface area contributed by atoms with Gasteiger partial charge in [0.15, 0.2) is 5.78 Å². The number of anilines is 1. The quantitative estimate of drug-likeness (QED) is 0.458. The molecular weight excluding hydrogens is 276 g/mol. The Bertz CT molecular complexity index is 813. The van der Waals surface area contributed by atoms with Gasteiger partial charge in [0.05, 0.1) is 11.2 Å². The monoisotopic (exact) mass is 292 g/mol. The van der Waals surface area contributed by atoms with Crippen molar-refractivity contribution >= 4 is 28.2 Å². The summed E-state index contributed by atoms with van der Waals surface area (Å²) in [4.78, 5) is 11.9. The van der Waals surface area contributed by atoms with E-state index in [1.54, 1.807) is 6.20 Å². The number of hydrogen-bond donors (Lipinski definition) is 1. The summed E-state index contributed by atoms with van der Waals surface area (Å²) in [7, 11) is 0. The second-order valence-corrected chi connectivity index (χ2v) is 5.10. The first-order valence-corrected chi connectivity index (χ1v) is 6.99. The highest BCUT2D eigenvalue weighted by molar-refractivity contribution is 6.38. The molecule has 3 rings (SSSR count). The van der Waals surface area contributed by atoms with Crippen molar-refractivity contribution in [3.8, 4) is 0 Å². The van der Waals surface area contributed by atoms with Crippen LogP contribution in [-0.2, 0) is 4.79 Å². The Morgan fingerprint density at radius 1 is 1.14 bits per heavy atom. The summed E-state index contributed by atoms with van der Waals surface area (Å²) in [6.45, 7) is 3.49. The molecule has 0 atom stereocenters. The van der Waals surface area contributed by atoms with Gasteiger partial charge in [-0.15, -0.1) is 0 Å². The molecule has 1 heterocycles. The molecule has 0 aliphatic carbocycles. The molecule has 0 bridgehead atoms. The number of carbonyl (C=O) groups excluding carboxylic acids is 1. The number of ketones is 1. The van der Waals surface area contributed by atoms with Gasteiger partial charge in [-0.2, -0.15) is 10.2 Å². The van der Waals surface area contributed by atoms with Crippen molar-refractivity contribution in [3.63, 3.8) is 0 Å². The molecule has 0 fully saturated rings. The SMILES string of the molecule is CC(=O)/C(=N/Nc1ccc(C)cc1)n1cc2ccccc2n1. The van der Waals surface area contributed by atoms with Crippen molar-refractivity contribution in [1.29, 1.82) is 0 Å². The molecule has 1 N–H and O–H groups in total. The van der Waals surface area contributed by atoms with Crippen LogP contribution >= 0.6 is 0 Å². The average molecular weight is 292 g/mol. The van der Waals surface area contributed by atoms with E-state index in [-0.39, 0.29) is 11.6 Å². The standard InChI is InChI=1S/C17H16N4O/c1-12-7-9-15(10-8-12)18-19-17(13(2)22)21-11-14-5-3-4-6-16(14)20-21/h3-11,18H,1-2H3/b19-17-. The van der Waals surface area contributed by atoms with Gasteiger partial charge in [-0.05, 0) is 25.1 Å². The highest BCUT2D eigenvalue weighted by Crippen LogP contribution is 2.12. The first kappa shape index (κ1) is 14.0. The van der Waals surface area contributed by atoms with Crippen molar-refractivity contribution in [2.75, 3.05) is 5.43 Å². The largest absolute Gasteiger partial charge is 0.291 e. The summed E-state index contributed by atoms with van der Waals surface area (Å²) >= 11 is 0. The van der Waals surface area contributed by atoms with Gasteiger partial charge in [-0.25, -0.2) is 4.68 Å². The molecule has 110 valence electrons. The van der Waals surface area contributed by atoms with Crippen molar-refractivity contribution in [2.24, 2.45) is 5.10 Å². The number of fused-ring (bicyclic) bond motifs is 1. The Morgan fingerprint density at radius 2 is 1.86 bits per heavy atom. The van der Waals surface area contributed by atoms with Crippen molar-refractivity contribution in [2.45, 2.75) is 13.8 Å². The number of aryl methyl sites for hydroxylation is 1. The fourth-order valence-corrected chi connectivity index (χ4v) is 2.11. The summed E-state index contributed by atoms with van der Waals surface area (Å²) in [6, 6.07) is 15.5. The van der Waals surface area contributed by atoms with Crippen LogP contribution in [0.25, 0.3) is 10.9 Å². The lowest BCUT2D eigenvalue weighted by Gasteiger charge is -2.05. The van der Waals surface area contributed by atoms with Gasteiger partial charge in [0.25, 0.3) is 0 Å². The van der Waals surface area contributed by atoms with Gasteiger partial charge in [0.2, 0.25) is 5.84 Å². The first-order valence-electron chi connectivity index (χ1n) is 6.99. The van der Waals surface area contributed by atoms with Crippen LogP contribution in [0.3, 0.4) is 0 Å². The minimum atomic E-state index is -0.160. The molecule has 22 heavy (non-hydrogen) atoms. The molecule has 0 amide bonds. The minimum absolute atomic E-state index is 0.160. The summed E-state index contributed by atoms with van der Waals surface area (Å²) in [5, 5.41) is 9.56. The van der Waals surface area contributed by atoms with E-state index < -0.39 is 0 Å². The van der Waals surface area contributed by atoms with E-state index in [4.69, 9.17) is 0 Å². The van der Waals surface area contributed by atoms with Crippen molar-refractivity contribution in [1.82, 2.24) is 9.78 Å². The molecule has 0 saturated heterocycles. The highest BCUT2D eigenvalue weighted by atomic mass is 16.1. The fourth-order valence-electron chi connectivity index (χ4n) is 2.11. The Kier molecular flexibility index (Phi) is 3.70. The number of benzene rings is 2. The van der Waals surface area contributed by atoms with Gasteiger partial charge < -0.3 is 0 Å². The second kappa shape index (κ2) is 5.81. The highest BCUT2D eigenvalue weighted by Gasteiger charge is 2.11. The van der Waals surface area contributed by atoms with Crippen LogP contribution in [0, 0.1) is 6.92 Å². The zero-order chi connectivity index (χ0) is 15.5. The molecule has 0 unspecified atom stereocenters. The molecule has 5 heteroatoms. The van der Waals surface area contributed by atoms with E-state index in [2.05, 4.69) is 15.6 Å². The molecular formula is C17H16N4O. The van der Waals surface area contributed by atoms with Crippen molar-refractivity contribution < 1.29 is 4.79 Å². The molecule has 0 aliphatic rings. The Morgan fingerprint density at radius 3 is 2.55 bits per heavy atom. The molecule has 0 aliphatic heterocycles. The zero-order valence-electron chi connectivity index (χ0n) is 12.4. The maximum atomic E-state index is 11.9. The fraction of sp³-hybridized carbons (Fsp3) is 0.118. The molecule has 1 aromatic heterocycles. The molecule has 3 aromatic rings. The zero-order valence-corrected chi connectivity index (χ0v) is 12.4. The maximum absolute atomic E-state index is 11.9. The van der Waals surface area contributed by atoms with Gasteiger partial charge >= 0.3 is 0 Å². The lowest BCUT2D eigenvalue weighted by Crippen LogP contribution is -2.22. The molecule has 0 saturated carbocycles. The number of hydrazone groups is 1. The number of hydrogen-bond acceptors (Lipinski definition) is 4. The van der Waals surface area contributed by atoms with Gasteiger partial charge in [-0.1, -0.05) is 35.9 Å². The molecule has 5 nitrogen and oxygen atoms in total. The van der Waals surface area contributed by atoms with Crippen LogP contribution in [0.15, 0.2) is 59.8 Å². The predicted molar refractivity (Wildman–Crippen MR) is 88.0 cm³/mol. The van der Waals surface area contributed by atoms with Crippen LogP contribution in [0.1, 0.15) is 12.5 Å². The summed E-state index contributed by atoms with van der Waals surface area (Å²) < 4.78 is 1.51. The van der Waals surface area contributed by atoms with E-state index >= 15 is 0 Å². The first-order chi connectivity index (χ1) is 10.6. The Hall–Kier alpha value is -2.95. The van der Waals surface area contributed by atoms with Crippen LogP contribution in [0.4, 0.5) is 5.69 Å². The minimum Gasteiger partial charge on any atom is -0.291 e. The Labute approximate surface area is 128 Å². The lowest BCUT2D eigenvalue weighted by molar-refractivity contribution is -0.111. The summed E-state index contributed by atoms with van der Waals surface area (Å²) in [5.41, 5.74) is 5.71. The summed E-state index contributed by atoms with van der Waals surface area (Å²) in [6.07, 6.45) is 1.80. The normalized spacial score (nSPS) is 11.6. The molecule has 2 aromatic carbocycles. The maximum Gasteiger partial charge on any atom is 0.216 e. The van der Waals surface area contributed by atoms with Gasteiger partial charge in [0, 0.05) is 18.5 Å². The van der Waals surface area contributed by atoms with Crippen LogP contribution in [0.5, 0.6) is 0 Å². The number of Topliss-reactive ketones (excluding diaryl/α,β-unsaturated/α-hetero) is 1. The van der Waals surface area contributed by atoms with E-state index in [0.717, 1.165) is 16.6 Å². The van der Waals surface area contributed by atoms with E-state index in [1.807, 2.05) is 55.5 Å². The number of carbonyl (C=O) groups is 1. The molecule has 0 radical (unpaired) electrons. The lowest BCUT2D eigenvalue weighted by atomic mass is 10.2. The van der Waals surface area contributed by atoms with Crippen molar-refractivity contribution in [3.05, 3.63) is 60.3 Å². The number of nitrogens with one attached hydrogen (secondary N) is 1. The number of nitrogens with zero attached hydrogens (tertiary/aromatic N) is 3. The van der Waals surface area contributed by atoms with E-state index in [9.17, 15) is 4.79 Å². The van der Waals surface area contributed by atoms with Crippen LogP contribution in [0.2, 0.25) is 0 Å². The number of aromatic nitrogens is 2. The second-order valence-electron chi connectivity index (χ2n) is 5.10. The molecule has 0 spiro atoms. The van der Waals surface area contributed by atoms with Gasteiger partial charge in [0.1, 0.15) is 0 Å².